The maximum atomic E-state index is 12.3. The molecule has 2 aromatic carbocycles. The van der Waals surface area contributed by atoms with Crippen molar-refractivity contribution in [1.82, 2.24) is 5.32 Å². The lowest BCUT2D eigenvalue weighted by Gasteiger charge is -2.17. The largest absolute Gasteiger partial charge is 0.484 e. The van der Waals surface area contributed by atoms with Gasteiger partial charge >= 0.3 is 0 Å². The molecule has 31 heavy (non-hydrogen) atoms. The lowest BCUT2D eigenvalue weighted by molar-refractivity contribution is -0.118. The van der Waals surface area contributed by atoms with Crippen LogP contribution >= 0.6 is 0 Å². The van der Waals surface area contributed by atoms with Crippen molar-refractivity contribution in [2.24, 2.45) is 0 Å². The van der Waals surface area contributed by atoms with Gasteiger partial charge in [0.2, 0.25) is 5.91 Å². The number of carbonyl (C=O) groups excluding carboxylic acids is 3. The van der Waals surface area contributed by atoms with E-state index in [1.807, 2.05) is 13.0 Å². The van der Waals surface area contributed by atoms with Gasteiger partial charge in [-0.05, 0) is 61.7 Å². The maximum Gasteiger partial charge on any atom is 0.262 e. The third-order valence-electron chi connectivity index (χ3n) is 4.71. The predicted molar refractivity (Wildman–Crippen MR) is 117 cm³/mol. The molecule has 0 atom stereocenters. The summed E-state index contributed by atoms with van der Waals surface area (Å²) in [5.74, 6) is 0.0255. The summed E-state index contributed by atoms with van der Waals surface area (Å²) >= 11 is 0. The van der Waals surface area contributed by atoms with Crippen molar-refractivity contribution >= 4 is 29.1 Å². The monoisotopic (exact) mass is 425 g/mol. The molecule has 0 saturated carbocycles. The average Bonchev–Trinajstić information content (AvgIpc) is 2.77. The lowest BCUT2D eigenvalue weighted by Crippen LogP contribution is -2.25. The van der Waals surface area contributed by atoms with Crippen molar-refractivity contribution in [3.63, 3.8) is 0 Å². The zero-order valence-electron chi connectivity index (χ0n) is 17.5. The standard InChI is InChI=1S/C23H27N3O5/c1-2-30-12-4-11-24-23(29)17-5-3-6-18(13-17)25-22(28)15-31-19-8-9-20-16(14-19)7-10-21(27)26-20/h3,5-6,8-9,13-14H,2,4,7,10-12,15H2,1H3,(H,24,29)(H,25,28)(H,26,27). The molecule has 1 aliphatic heterocycles. The number of rotatable bonds is 10. The Kier molecular flexibility index (Phi) is 8.00. The second-order valence-corrected chi connectivity index (χ2v) is 7.09. The molecule has 0 spiro atoms. The third kappa shape index (κ3) is 6.82. The van der Waals surface area contributed by atoms with Crippen LogP contribution in [-0.4, -0.2) is 44.1 Å². The number of amides is 3. The number of ether oxygens (including phenoxy) is 2. The van der Waals surface area contributed by atoms with Gasteiger partial charge < -0.3 is 25.4 Å². The summed E-state index contributed by atoms with van der Waals surface area (Å²) in [4.78, 5) is 35.9. The fourth-order valence-corrected chi connectivity index (χ4v) is 3.16. The number of anilines is 2. The molecule has 1 heterocycles. The van der Waals surface area contributed by atoms with Gasteiger partial charge in [0.1, 0.15) is 5.75 Å². The van der Waals surface area contributed by atoms with Gasteiger partial charge in [0.05, 0.1) is 0 Å². The molecule has 3 amide bonds. The van der Waals surface area contributed by atoms with Crippen molar-refractivity contribution in [2.75, 3.05) is 37.0 Å². The number of carbonyl (C=O) groups is 3. The zero-order chi connectivity index (χ0) is 22.1. The molecule has 8 heteroatoms. The second kappa shape index (κ2) is 11.1. The minimum absolute atomic E-state index is 0.00182. The number of aryl methyl sites for hydroxylation is 1. The number of fused-ring (bicyclic) bond motifs is 1. The summed E-state index contributed by atoms with van der Waals surface area (Å²) < 4.78 is 10.8. The van der Waals surface area contributed by atoms with Gasteiger partial charge in [-0.3, -0.25) is 14.4 Å². The van der Waals surface area contributed by atoms with E-state index < -0.39 is 0 Å². The Morgan fingerprint density at radius 3 is 2.84 bits per heavy atom. The van der Waals surface area contributed by atoms with Gasteiger partial charge in [-0.1, -0.05) is 6.07 Å². The van der Waals surface area contributed by atoms with Crippen LogP contribution in [0.25, 0.3) is 0 Å². The minimum atomic E-state index is -0.333. The fraction of sp³-hybridized carbons (Fsp3) is 0.348. The Morgan fingerprint density at radius 2 is 2.00 bits per heavy atom. The molecule has 0 saturated heterocycles. The molecule has 0 fully saturated rings. The summed E-state index contributed by atoms with van der Waals surface area (Å²) in [6, 6.07) is 12.1. The second-order valence-electron chi connectivity index (χ2n) is 7.09. The Balaban J connectivity index is 1.48. The Hall–Kier alpha value is -3.39. The molecule has 1 aliphatic rings. The zero-order valence-corrected chi connectivity index (χ0v) is 17.5. The predicted octanol–water partition coefficient (Wildman–Crippen LogP) is 2.75. The van der Waals surface area contributed by atoms with Crippen molar-refractivity contribution in [3.8, 4) is 5.75 Å². The van der Waals surface area contributed by atoms with Gasteiger partial charge in [0, 0.05) is 43.1 Å². The van der Waals surface area contributed by atoms with Crippen molar-refractivity contribution in [2.45, 2.75) is 26.2 Å². The number of nitrogens with one attached hydrogen (secondary N) is 3. The third-order valence-corrected chi connectivity index (χ3v) is 4.71. The van der Waals surface area contributed by atoms with Gasteiger partial charge in [-0.25, -0.2) is 0 Å². The molecule has 3 N–H and O–H groups in total. The Bertz CT molecular complexity index is 945. The maximum absolute atomic E-state index is 12.3. The van der Waals surface area contributed by atoms with E-state index in [1.165, 1.54) is 0 Å². The van der Waals surface area contributed by atoms with Gasteiger partial charge in [-0.2, -0.15) is 0 Å². The van der Waals surface area contributed by atoms with Crippen LogP contribution in [0.15, 0.2) is 42.5 Å². The first-order valence-electron chi connectivity index (χ1n) is 10.4. The van der Waals surface area contributed by atoms with Crippen LogP contribution in [0.3, 0.4) is 0 Å². The highest BCUT2D eigenvalue weighted by Crippen LogP contribution is 2.26. The molecule has 0 aromatic heterocycles. The Morgan fingerprint density at radius 1 is 1.13 bits per heavy atom. The summed E-state index contributed by atoms with van der Waals surface area (Å²) in [5, 5.41) is 8.38. The summed E-state index contributed by atoms with van der Waals surface area (Å²) in [7, 11) is 0. The van der Waals surface area contributed by atoms with E-state index in [9.17, 15) is 14.4 Å². The van der Waals surface area contributed by atoms with E-state index in [1.54, 1.807) is 36.4 Å². The first-order chi connectivity index (χ1) is 15.0. The Labute approximate surface area is 181 Å². The summed E-state index contributed by atoms with van der Waals surface area (Å²) in [5.41, 5.74) is 2.74. The van der Waals surface area contributed by atoms with Crippen LogP contribution < -0.4 is 20.7 Å². The molecule has 2 aromatic rings. The molecule has 164 valence electrons. The highest BCUT2D eigenvalue weighted by molar-refractivity contribution is 5.97. The number of benzene rings is 2. The van der Waals surface area contributed by atoms with Crippen LogP contribution in [-0.2, 0) is 20.7 Å². The number of hydrogen-bond acceptors (Lipinski definition) is 5. The van der Waals surface area contributed by atoms with Crippen LogP contribution in [0.5, 0.6) is 5.75 Å². The van der Waals surface area contributed by atoms with Crippen LogP contribution in [0.4, 0.5) is 11.4 Å². The van der Waals surface area contributed by atoms with E-state index in [0.717, 1.165) is 17.7 Å². The topological polar surface area (TPSA) is 106 Å². The summed E-state index contributed by atoms with van der Waals surface area (Å²) in [6.07, 6.45) is 1.82. The SMILES string of the molecule is CCOCCCNC(=O)c1cccc(NC(=O)COc2ccc3c(c2)CCC(=O)N3)c1. The molecular weight excluding hydrogens is 398 g/mol. The first kappa shape index (κ1) is 22.3. The van der Waals surface area contributed by atoms with Crippen molar-refractivity contribution in [3.05, 3.63) is 53.6 Å². The quantitative estimate of drug-likeness (QED) is 0.508. The molecule has 0 radical (unpaired) electrons. The molecule has 0 unspecified atom stereocenters. The molecule has 3 rings (SSSR count). The van der Waals surface area contributed by atoms with Crippen molar-refractivity contribution < 1.29 is 23.9 Å². The molecule has 8 nitrogen and oxygen atoms in total. The first-order valence-corrected chi connectivity index (χ1v) is 10.4. The van der Waals surface area contributed by atoms with Gasteiger partial charge in [0.25, 0.3) is 11.8 Å². The minimum Gasteiger partial charge on any atom is -0.484 e. The molecule has 0 aliphatic carbocycles. The van der Waals surface area contributed by atoms with Crippen LogP contribution in [0.1, 0.15) is 35.7 Å². The van der Waals surface area contributed by atoms with Crippen LogP contribution in [0.2, 0.25) is 0 Å². The van der Waals surface area contributed by atoms with E-state index in [0.29, 0.717) is 49.6 Å². The van der Waals surface area contributed by atoms with Crippen molar-refractivity contribution in [1.29, 1.82) is 0 Å². The average molecular weight is 425 g/mol. The van der Waals surface area contributed by atoms with E-state index in [4.69, 9.17) is 9.47 Å². The smallest absolute Gasteiger partial charge is 0.262 e. The molecular formula is C23H27N3O5. The number of hydrogen-bond donors (Lipinski definition) is 3. The van der Waals surface area contributed by atoms with E-state index >= 15 is 0 Å². The highest BCUT2D eigenvalue weighted by atomic mass is 16.5. The summed E-state index contributed by atoms with van der Waals surface area (Å²) in [6.45, 7) is 3.54. The fourth-order valence-electron chi connectivity index (χ4n) is 3.16. The van der Waals surface area contributed by atoms with E-state index in [2.05, 4.69) is 16.0 Å². The van der Waals surface area contributed by atoms with Crippen LogP contribution in [0, 0.1) is 0 Å². The van der Waals surface area contributed by atoms with Gasteiger partial charge in [-0.15, -0.1) is 0 Å². The normalized spacial score (nSPS) is 12.5. The highest BCUT2D eigenvalue weighted by Gasteiger charge is 2.15. The van der Waals surface area contributed by atoms with Gasteiger partial charge in [0.15, 0.2) is 6.61 Å². The van der Waals surface area contributed by atoms with E-state index in [-0.39, 0.29) is 24.3 Å². The molecule has 0 bridgehead atoms. The lowest BCUT2D eigenvalue weighted by atomic mass is 10.0.